The molecule has 0 saturated heterocycles. The van der Waals surface area contributed by atoms with E-state index < -0.39 is 0 Å². The summed E-state index contributed by atoms with van der Waals surface area (Å²) >= 11 is 0. The number of nitrogens with zero attached hydrogens (tertiary/aromatic N) is 4. The van der Waals surface area contributed by atoms with Crippen LogP contribution in [0.15, 0.2) is 212 Å². The lowest BCUT2D eigenvalue weighted by Crippen LogP contribution is -2.31. The molecule has 0 aliphatic heterocycles. The fraction of sp³-hybridized carbons (Fsp3) is 0.0702. The van der Waals surface area contributed by atoms with Crippen molar-refractivity contribution in [1.82, 2.24) is 14.1 Å². The smallest absolute Gasteiger partial charge is 0.255 e. The Labute approximate surface area is 360 Å². The van der Waals surface area contributed by atoms with Crippen molar-refractivity contribution in [1.29, 1.82) is 0 Å². The molecule has 0 N–H and O–H groups in total. The average molecular weight is 800 g/mol. The molecule has 0 atom stereocenters. The maximum atomic E-state index is 6.95. The predicted molar refractivity (Wildman–Crippen MR) is 255 cm³/mol. The lowest BCUT2D eigenvalue weighted by atomic mass is 9.86. The normalized spacial score (nSPS) is 12.7. The van der Waals surface area contributed by atoms with Gasteiger partial charge in [-0.15, -0.1) is 5.73 Å². The van der Waals surface area contributed by atoms with Gasteiger partial charge in [0.2, 0.25) is 0 Å². The number of pyridine rings is 1. The van der Waals surface area contributed by atoms with Gasteiger partial charge in [0.15, 0.2) is 11.0 Å². The van der Waals surface area contributed by atoms with Crippen LogP contribution in [-0.4, -0.2) is 14.1 Å². The van der Waals surface area contributed by atoms with E-state index in [9.17, 15) is 0 Å². The van der Waals surface area contributed by atoms with Crippen LogP contribution in [0.5, 0.6) is 11.5 Å². The van der Waals surface area contributed by atoms with E-state index in [-0.39, 0.29) is 5.41 Å². The van der Waals surface area contributed by atoms with E-state index in [0.29, 0.717) is 0 Å². The molecule has 0 amide bonds. The molecule has 5 heteroatoms. The van der Waals surface area contributed by atoms with Gasteiger partial charge in [-0.3, -0.25) is 4.57 Å². The Morgan fingerprint density at radius 2 is 1.40 bits per heavy atom. The average Bonchev–Trinajstić information content (AvgIpc) is 3.72. The molecule has 0 fully saturated rings. The zero-order valence-electron chi connectivity index (χ0n) is 34.8. The lowest BCUT2D eigenvalue weighted by Gasteiger charge is -2.20. The summed E-state index contributed by atoms with van der Waals surface area (Å²) in [5, 5.41) is 4.67. The quantitative estimate of drug-likeness (QED) is 0.119. The van der Waals surface area contributed by atoms with Crippen LogP contribution in [0.2, 0.25) is 0 Å². The molecule has 3 aromatic heterocycles. The highest BCUT2D eigenvalue weighted by molar-refractivity contribution is 6.09. The zero-order chi connectivity index (χ0) is 41.8. The van der Waals surface area contributed by atoms with Gasteiger partial charge >= 0.3 is 0 Å². The molecular weight excluding hydrogens is 757 g/mol. The summed E-state index contributed by atoms with van der Waals surface area (Å²) in [5.74, 6) is 2.38. The lowest BCUT2D eigenvalue weighted by molar-refractivity contribution is -0.566. The molecule has 0 radical (unpaired) electrons. The molecular formula is C57H43N4O+. The van der Waals surface area contributed by atoms with Gasteiger partial charge in [0, 0.05) is 45.6 Å². The molecule has 0 unspecified atom stereocenters. The van der Waals surface area contributed by atoms with Gasteiger partial charge < -0.3 is 4.74 Å². The fourth-order valence-corrected chi connectivity index (χ4v) is 8.92. The highest BCUT2D eigenvalue weighted by Crippen LogP contribution is 2.39. The molecule has 62 heavy (non-hydrogen) atoms. The zero-order valence-corrected chi connectivity index (χ0v) is 34.8. The van der Waals surface area contributed by atoms with Crippen molar-refractivity contribution in [2.45, 2.75) is 26.2 Å². The van der Waals surface area contributed by atoms with Crippen molar-refractivity contribution in [3.63, 3.8) is 0 Å². The predicted octanol–water partition coefficient (Wildman–Crippen LogP) is 14.0. The van der Waals surface area contributed by atoms with Crippen molar-refractivity contribution in [2.24, 2.45) is 0 Å². The standard InChI is InChI=1S/C57H43N4O/c1-57(2,3)42-34-43(36-45(35-42)62-44-30-31-50-49-24-13-14-27-51(49)61(53(50)37-44)54-28-15-16-33-58-54)59-38-60(56-48-23-12-11-22-41(48)29-32-52(56)59)55-46(39-18-7-4-5-8-19-39)25-17-26-47(55)40-20-9-6-10-21-40/h4,6-38H,1-3H3/q+1. The van der Waals surface area contributed by atoms with Crippen molar-refractivity contribution in [3.8, 4) is 39.8 Å². The van der Waals surface area contributed by atoms with Crippen LogP contribution >= 0.6 is 0 Å². The number of aromatic nitrogens is 4. The number of imidazole rings is 1. The Kier molecular flexibility index (Phi) is 8.92. The van der Waals surface area contributed by atoms with Crippen molar-refractivity contribution in [3.05, 3.63) is 224 Å². The van der Waals surface area contributed by atoms with Crippen LogP contribution in [0.4, 0.5) is 0 Å². The van der Waals surface area contributed by atoms with Crippen LogP contribution in [-0.2, 0) is 5.41 Å². The van der Waals surface area contributed by atoms with Crippen LogP contribution in [0.3, 0.4) is 0 Å². The molecule has 1 aliphatic carbocycles. The third-order valence-electron chi connectivity index (χ3n) is 11.9. The van der Waals surface area contributed by atoms with Crippen molar-refractivity contribution in [2.75, 3.05) is 0 Å². The maximum Gasteiger partial charge on any atom is 0.255 e. The fourth-order valence-electron chi connectivity index (χ4n) is 8.92. The topological polar surface area (TPSA) is 35.9 Å². The van der Waals surface area contributed by atoms with Crippen molar-refractivity contribution < 1.29 is 9.30 Å². The first kappa shape index (κ1) is 37.1. The van der Waals surface area contributed by atoms with Gasteiger partial charge in [-0.25, -0.2) is 4.98 Å². The van der Waals surface area contributed by atoms with E-state index in [4.69, 9.17) is 9.72 Å². The van der Waals surface area contributed by atoms with E-state index in [1.807, 2.05) is 30.5 Å². The second-order valence-corrected chi connectivity index (χ2v) is 16.8. The summed E-state index contributed by atoms with van der Waals surface area (Å²) in [6, 6.07) is 58.1. The summed E-state index contributed by atoms with van der Waals surface area (Å²) in [7, 11) is 0. The first-order valence-corrected chi connectivity index (χ1v) is 21.1. The van der Waals surface area contributed by atoms with Crippen molar-refractivity contribution >= 4 is 49.2 Å². The number of rotatable bonds is 7. The number of hydrogen-bond donors (Lipinski definition) is 0. The van der Waals surface area contributed by atoms with Gasteiger partial charge in [0.05, 0.1) is 11.0 Å². The highest BCUT2D eigenvalue weighted by atomic mass is 16.5. The van der Waals surface area contributed by atoms with E-state index in [0.717, 1.165) is 78.4 Å². The first-order valence-electron chi connectivity index (χ1n) is 21.1. The Morgan fingerprint density at radius 1 is 0.613 bits per heavy atom. The van der Waals surface area contributed by atoms with E-state index in [1.165, 1.54) is 21.7 Å². The molecule has 296 valence electrons. The first-order chi connectivity index (χ1) is 30.4. The summed E-state index contributed by atoms with van der Waals surface area (Å²) in [6.45, 7) is 6.77. The SMILES string of the molecule is CC(C)(C)c1cc(Oc2ccc3c4ccccc4n(-c4ccccn4)c3c2)cc(-n2c[n+](-c3c(C4=CC=C=CC=C4)cccc3-c3ccccc3)c3c4ccccc4ccc32)c1. The summed E-state index contributed by atoms with van der Waals surface area (Å²) in [6.07, 6.45) is 14.4. The molecule has 1 aliphatic rings. The minimum Gasteiger partial charge on any atom is -0.457 e. The number of para-hydroxylation sites is 2. The summed E-state index contributed by atoms with van der Waals surface area (Å²) in [5.41, 5.74) is 15.2. The molecule has 0 bridgehead atoms. The van der Waals surface area contributed by atoms with Gasteiger partial charge in [0.1, 0.15) is 28.7 Å². The Hall–Kier alpha value is -7.98. The largest absolute Gasteiger partial charge is 0.457 e. The van der Waals surface area contributed by atoms with Gasteiger partial charge in [-0.1, -0.05) is 124 Å². The Bertz CT molecular complexity index is 3500. The summed E-state index contributed by atoms with van der Waals surface area (Å²) in [4.78, 5) is 4.75. The van der Waals surface area contributed by atoms with Crippen LogP contribution in [0.1, 0.15) is 31.9 Å². The van der Waals surface area contributed by atoms with Gasteiger partial charge in [-0.05, 0) is 106 Å². The number of ether oxygens (including phenoxy) is 1. The third-order valence-corrected chi connectivity index (χ3v) is 11.9. The van der Waals surface area contributed by atoms with Gasteiger partial charge in [-0.2, -0.15) is 9.13 Å². The number of hydrogen-bond acceptors (Lipinski definition) is 2. The molecule has 10 aromatic rings. The maximum absolute atomic E-state index is 6.95. The molecule has 7 aromatic carbocycles. The number of fused-ring (bicyclic) bond motifs is 6. The van der Waals surface area contributed by atoms with E-state index in [2.05, 4.69) is 216 Å². The molecule has 11 rings (SSSR count). The molecule has 0 saturated carbocycles. The molecule has 0 spiro atoms. The monoisotopic (exact) mass is 799 g/mol. The van der Waals surface area contributed by atoms with Crippen LogP contribution < -0.4 is 9.30 Å². The minimum atomic E-state index is -0.165. The van der Waals surface area contributed by atoms with E-state index in [1.54, 1.807) is 0 Å². The summed E-state index contributed by atoms with van der Waals surface area (Å²) < 4.78 is 13.9. The number of allylic oxidation sites excluding steroid dienone is 5. The molecule has 5 nitrogen and oxygen atoms in total. The molecule has 3 heterocycles. The minimum absolute atomic E-state index is 0.165. The Morgan fingerprint density at radius 3 is 2.26 bits per heavy atom. The second kappa shape index (κ2) is 14.9. The highest BCUT2D eigenvalue weighted by Gasteiger charge is 2.28. The van der Waals surface area contributed by atoms with Gasteiger partial charge in [0.25, 0.3) is 6.33 Å². The third kappa shape index (κ3) is 6.44. The number of benzene rings is 7. The second-order valence-electron chi connectivity index (χ2n) is 16.8. The van der Waals surface area contributed by atoms with Crippen LogP contribution in [0, 0.1) is 0 Å². The van der Waals surface area contributed by atoms with E-state index >= 15 is 0 Å². The van der Waals surface area contributed by atoms with Crippen LogP contribution in [0.25, 0.3) is 77.5 Å². The Balaban J connectivity index is 1.13.